The molecule has 1 aromatic rings. The highest BCUT2D eigenvalue weighted by Crippen LogP contribution is 2.46. The van der Waals surface area contributed by atoms with Crippen molar-refractivity contribution in [2.45, 2.75) is 52.5 Å². The van der Waals surface area contributed by atoms with E-state index in [0.717, 1.165) is 19.6 Å². The van der Waals surface area contributed by atoms with Crippen LogP contribution in [0.25, 0.3) is 0 Å². The molecule has 0 aliphatic carbocycles. The molecule has 0 aromatic heterocycles. The van der Waals surface area contributed by atoms with Gasteiger partial charge in [0.25, 0.3) is 0 Å². The van der Waals surface area contributed by atoms with Crippen LogP contribution in [0.4, 0.5) is 5.69 Å². The van der Waals surface area contributed by atoms with Gasteiger partial charge in [-0.3, -0.25) is 0 Å². The second-order valence-corrected chi connectivity index (χ2v) is 5.59. The van der Waals surface area contributed by atoms with Crippen molar-refractivity contribution in [3.8, 4) is 0 Å². The molecule has 0 atom stereocenters. The molecule has 0 spiro atoms. The molecule has 1 aliphatic heterocycles. The monoisotopic (exact) mass is 260 g/mol. The molecule has 0 bridgehead atoms. The van der Waals surface area contributed by atoms with E-state index in [1.807, 2.05) is 0 Å². The van der Waals surface area contributed by atoms with Crippen molar-refractivity contribution in [2.75, 3.05) is 24.5 Å². The summed E-state index contributed by atoms with van der Waals surface area (Å²) >= 11 is 0. The van der Waals surface area contributed by atoms with Crippen molar-refractivity contribution in [1.29, 1.82) is 0 Å². The van der Waals surface area contributed by atoms with E-state index < -0.39 is 0 Å². The minimum atomic E-state index is 0.358. The Bertz CT molecular complexity index is 421. The number of anilines is 1. The standard InChI is InChI=1S/C17H28N2/c1-5-17(6-2)13-19(8-4)15-11-9-10-14(16(15)17)12-18-7-3/h9-11,18H,5-8,12-13H2,1-4H3. The predicted molar refractivity (Wildman–Crippen MR) is 84.0 cm³/mol. The first-order valence-corrected chi connectivity index (χ1v) is 7.80. The summed E-state index contributed by atoms with van der Waals surface area (Å²) in [6, 6.07) is 6.83. The van der Waals surface area contributed by atoms with E-state index in [9.17, 15) is 0 Å². The van der Waals surface area contributed by atoms with Gasteiger partial charge in [0.15, 0.2) is 0 Å². The number of nitrogens with zero attached hydrogens (tertiary/aromatic N) is 1. The van der Waals surface area contributed by atoms with Crippen molar-refractivity contribution in [1.82, 2.24) is 5.32 Å². The maximum atomic E-state index is 3.49. The fourth-order valence-corrected chi connectivity index (χ4v) is 3.51. The van der Waals surface area contributed by atoms with E-state index in [-0.39, 0.29) is 0 Å². The van der Waals surface area contributed by atoms with Gasteiger partial charge in [-0.15, -0.1) is 0 Å². The van der Waals surface area contributed by atoms with Gasteiger partial charge in [-0.1, -0.05) is 32.9 Å². The first-order chi connectivity index (χ1) is 9.22. The van der Waals surface area contributed by atoms with Crippen molar-refractivity contribution >= 4 is 5.69 Å². The Morgan fingerprint density at radius 3 is 2.47 bits per heavy atom. The Kier molecular flexibility index (Phi) is 4.51. The second kappa shape index (κ2) is 5.96. The summed E-state index contributed by atoms with van der Waals surface area (Å²) in [7, 11) is 0. The second-order valence-electron chi connectivity index (χ2n) is 5.59. The third-order valence-electron chi connectivity index (χ3n) is 4.79. The van der Waals surface area contributed by atoms with E-state index in [0.29, 0.717) is 5.41 Å². The van der Waals surface area contributed by atoms with Crippen molar-refractivity contribution < 1.29 is 0 Å². The van der Waals surface area contributed by atoms with Gasteiger partial charge >= 0.3 is 0 Å². The third kappa shape index (κ3) is 2.38. The highest BCUT2D eigenvalue weighted by Gasteiger charge is 2.40. The van der Waals surface area contributed by atoms with Crippen LogP contribution in [0.2, 0.25) is 0 Å². The lowest BCUT2D eigenvalue weighted by molar-refractivity contribution is 0.417. The molecule has 2 rings (SSSR count). The topological polar surface area (TPSA) is 15.3 Å². The van der Waals surface area contributed by atoms with Gasteiger partial charge < -0.3 is 10.2 Å². The van der Waals surface area contributed by atoms with Crippen LogP contribution in [0.3, 0.4) is 0 Å². The molecule has 1 aromatic carbocycles. The molecule has 1 heterocycles. The van der Waals surface area contributed by atoms with Gasteiger partial charge in [-0.2, -0.15) is 0 Å². The summed E-state index contributed by atoms with van der Waals surface area (Å²) in [5.41, 5.74) is 4.94. The molecule has 2 nitrogen and oxygen atoms in total. The van der Waals surface area contributed by atoms with Crippen LogP contribution in [-0.2, 0) is 12.0 Å². The van der Waals surface area contributed by atoms with Gasteiger partial charge in [0.1, 0.15) is 0 Å². The molecule has 0 unspecified atom stereocenters. The Balaban J connectivity index is 2.49. The average Bonchev–Trinajstić information content (AvgIpc) is 2.80. The quantitative estimate of drug-likeness (QED) is 0.839. The molecule has 1 aliphatic rings. The average molecular weight is 260 g/mol. The summed E-state index contributed by atoms with van der Waals surface area (Å²) in [5.74, 6) is 0. The van der Waals surface area contributed by atoms with Gasteiger partial charge in [0.05, 0.1) is 0 Å². The van der Waals surface area contributed by atoms with Crippen LogP contribution < -0.4 is 10.2 Å². The summed E-state index contributed by atoms with van der Waals surface area (Å²) in [6.45, 7) is 13.5. The molecule has 0 radical (unpaired) electrons. The van der Waals surface area contributed by atoms with Crippen LogP contribution >= 0.6 is 0 Å². The number of hydrogen-bond acceptors (Lipinski definition) is 2. The van der Waals surface area contributed by atoms with Crippen molar-refractivity contribution in [3.63, 3.8) is 0 Å². The Morgan fingerprint density at radius 2 is 1.89 bits per heavy atom. The van der Waals surface area contributed by atoms with Crippen molar-refractivity contribution in [3.05, 3.63) is 29.3 Å². The minimum absolute atomic E-state index is 0.358. The molecule has 0 saturated heterocycles. The van der Waals surface area contributed by atoms with E-state index in [1.54, 1.807) is 5.56 Å². The van der Waals surface area contributed by atoms with Gasteiger partial charge in [0, 0.05) is 30.7 Å². The van der Waals surface area contributed by atoms with Crippen LogP contribution in [0, 0.1) is 0 Å². The first kappa shape index (κ1) is 14.4. The number of nitrogens with one attached hydrogen (secondary N) is 1. The normalized spacial score (nSPS) is 16.7. The molecule has 0 fully saturated rings. The Labute approximate surface area is 118 Å². The molecular weight excluding hydrogens is 232 g/mol. The smallest absolute Gasteiger partial charge is 0.0408 e. The minimum Gasteiger partial charge on any atom is -0.371 e. The SMILES string of the molecule is CCNCc1cccc2c1C(CC)(CC)CN2CC. The van der Waals surface area contributed by atoms with Crippen LogP contribution in [-0.4, -0.2) is 19.6 Å². The summed E-state index contributed by atoms with van der Waals surface area (Å²) in [5, 5.41) is 3.49. The van der Waals surface area contributed by atoms with Gasteiger partial charge in [-0.25, -0.2) is 0 Å². The zero-order valence-electron chi connectivity index (χ0n) is 12.9. The molecule has 0 saturated carbocycles. The zero-order chi connectivity index (χ0) is 13.9. The lowest BCUT2D eigenvalue weighted by Gasteiger charge is -2.29. The molecule has 19 heavy (non-hydrogen) atoms. The fourth-order valence-electron chi connectivity index (χ4n) is 3.51. The van der Waals surface area contributed by atoms with Gasteiger partial charge in [0.2, 0.25) is 0 Å². The fraction of sp³-hybridized carbons (Fsp3) is 0.647. The first-order valence-electron chi connectivity index (χ1n) is 7.80. The summed E-state index contributed by atoms with van der Waals surface area (Å²) < 4.78 is 0. The summed E-state index contributed by atoms with van der Waals surface area (Å²) in [4.78, 5) is 2.55. The lowest BCUT2D eigenvalue weighted by atomic mass is 9.75. The highest BCUT2D eigenvalue weighted by atomic mass is 15.2. The zero-order valence-corrected chi connectivity index (χ0v) is 12.9. The van der Waals surface area contributed by atoms with E-state index >= 15 is 0 Å². The van der Waals surface area contributed by atoms with E-state index in [1.165, 1.54) is 30.6 Å². The number of hydrogen-bond donors (Lipinski definition) is 1. The molecule has 1 N–H and O–H groups in total. The van der Waals surface area contributed by atoms with Gasteiger partial charge in [-0.05, 0) is 43.5 Å². The van der Waals surface area contributed by atoms with E-state index in [2.05, 4.69) is 56.1 Å². The lowest BCUT2D eigenvalue weighted by Crippen LogP contribution is -2.33. The molecule has 0 amide bonds. The molecular formula is C17H28N2. The number of likely N-dealkylation sites (N-methyl/N-ethyl adjacent to an activating group) is 1. The maximum absolute atomic E-state index is 3.49. The third-order valence-corrected chi connectivity index (χ3v) is 4.79. The largest absolute Gasteiger partial charge is 0.371 e. The van der Waals surface area contributed by atoms with Crippen molar-refractivity contribution in [2.24, 2.45) is 0 Å². The highest BCUT2D eigenvalue weighted by molar-refractivity contribution is 5.65. The number of rotatable bonds is 6. The van der Waals surface area contributed by atoms with Crippen LogP contribution in [0.15, 0.2) is 18.2 Å². The van der Waals surface area contributed by atoms with Crippen LogP contribution in [0.5, 0.6) is 0 Å². The molecule has 106 valence electrons. The number of benzene rings is 1. The van der Waals surface area contributed by atoms with E-state index in [4.69, 9.17) is 0 Å². The van der Waals surface area contributed by atoms with Crippen LogP contribution in [0.1, 0.15) is 51.7 Å². The maximum Gasteiger partial charge on any atom is 0.0408 e. The Morgan fingerprint density at radius 1 is 1.16 bits per heavy atom. The summed E-state index contributed by atoms with van der Waals surface area (Å²) in [6.07, 6.45) is 2.46. The predicted octanol–water partition coefficient (Wildman–Crippen LogP) is 3.69. The number of fused-ring (bicyclic) bond motifs is 1. The Hall–Kier alpha value is -1.02. The molecule has 2 heteroatoms.